The van der Waals surface area contributed by atoms with Gasteiger partial charge in [0.15, 0.2) is 0 Å². The van der Waals surface area contributed by atoms with E-state index < -0.39 is 0 Å². The molecule has 3 N–H and O–H groups in total. The van der Waals surface area contributed by atoms with Crippen molar-refractivity contribution in [2.45, 2.75) is 13.8 Å². The van der Waals surface area contributed by atoms with Crippen LogP contribution in [0.25, 0.3) is 0 Å². The number of hydrogen-bond acceptors (Lipinski definition) is 3. The number of nitrogens with zero attached hydrogens (tertiary/aromatic N) is 1. The Bertz CT molecular complexity index is 678. The summed E-state index contributed by atoms with van der Waals surface area (Å²) in [6.07, 6.45) is 0. The van der Waals surface area contributed by atoms with Gasteiger partial charge in [-0.1, -0.05) is 6.07 Å². The molecule has 0 aromatic heterocycles. The number of benzene rings is 2. The second kappa shape index (κ2) is 5.87. The Morgan fingerprint density at radius 3 is 2.38 bits per heavy atom. The van der Waals surface area contributed by atoms with Crippen molar-refractivity contribution in [2.24, 2.45) is 0 Å². The summed E-state index contributed by atoms with van der Waals surface area (Å²) in [5, 5.41) is 2.85. The lowest BCUT2D eigenvalue weighted by molar-refractivity contribution is 0.102. The number of carbonyl (C=O) groups excluding carboxylic acids is 1. The summed E-state index contributed by atoms with van der Waals surface area (Å²) < 4.78 is 0. The number of rotatable bonds is 3. The van der Waals surface area contributed by atoms with E-state index in [1.807, 2.05) is 69.2 Å². The topological polar surface area (TPSA) is 58.4 Å². The van der Waals surface area contributed by atoms with E-state index in [-0.39, 0.29) is 5.91 Å². The Morgan fingerprint density at radius 2 is 1.81 bits per heavy atom. The third-order valence-corrected chi connectivity index (χ3v) is 3.40. The van der Waals surface area contributed by atoms with Gasteiger partial charge in [-0.15, -0.1) is 0 Å². The molecule has 0 fully saturated rings. The Kier molecular flexibility index (Phi) is 4.17. The van der Waals surface area contributed by atoms with Crippen molar-refractivity contribution in [2.75, 3.05) is 30.0 Å². The molecule has 0 unspecified atom stereocenters. The highest BCUT2D eigenvalue weighted by Crippen LogP contribution is 2.22. The van der Waals surface area contributed by atoms with Crippen LogP contribution in [0.3, 0.4) is 0 Å². The number of nitrogens with two attached hydrogens (primary N) is 1. The van der Waals surface area contributed by atoms with Gasteiger partial charge < -0.3 is 16.0 Å². The van der Waals surface area contributed by atoms with Crippen LogP contribution in [0.2, 0.25) is 0 Å². The fourth-order valence-corrected chi connectivity index (χ4v) is 2.29. The lowest BCUT2D eigenvalue weighted by atomic mass is 10.1. The second-order valence-electron chi connectivity index (χ2n) is 5.44. The van der Waals surface area contributed by atoms with Gasteiger partial charge >= 0.3 is 0 Å². The Hall–Kier alpha value is -2.49. The maximum atomic E-state index is 12.3. The molecule has 2 aromatic carbocycles. The molecule has 110 valence electrons. The number of aryl methyl sites for hydroxylation is 2. The van der Waals surface area contributed by atoms with Gasteiger partial charge in [0.2, 0.25) is 0 Å². The van der Waals surface area contributed by atoms with Gasteiger partial charge in [-0.2, -0.15) is 0 Å². The van der Waals surface area contributed by atoms with Crippen LogP contribution < -0.4 is 16.0 Å². The van der Waals surface area contributed by atoms with E-state index in [0.717, 1.165) is 16.8 Å². The van der Waals surface area contributed by atoms with Crippen molar-refractivity contribution in [3.05, 3.63) is 53.1 Å². The van der Waals surface area contributed by atoms with E-state index in [2.05, 4.69) is 5.32 Å². The van der Waals surface area contributed by atoms with E-state index in [1.165, 1.54) is 0 Å². The Labute approximate surface area is 125 Å². The minimum atomic E-state index is -0.154. The summed E-state index contributed by atoms with van der Waals surface area (Å²) in [5.74, 6) is -0.154. The highest BCUT2D eigenvalue weighted by molar-refractivity contribution is 6.06. The average molecular weight is 283 g/mol. The van der Waals surface area contributed by atoms with Crippen molar-refractivity contribution in [1.29, 1.82) is 0 Å². The maximum Gasteiger partial charge on any atom is 0.255 e. The predicted molar refractivity (Wildman–Crippen MR) is 89.1 cm³/mol. The molecule has 0 aliphatic heterocycles. The molecule has 0 spiro atoms. The molecule has 0 aliphatic carbocycles. The average Bonchev–Trinajstić information content (AvgIpc) is 2.41. The highest BCUT2D eigenvalue weighted by Gasteiger charge is 2.10. The zero-order valence-corrected chi connectivity index (χ0v) is 12.9. The molecule has 2 aromatic rings. The molecule has 21 heavy (non-hydrogen) atoms. The van der Waals surface area contributed by atoms with E-state index in [4.69, 9.17) is 5.73 Å². The van der Waals surface area contributed by atoms with Crippen LogP contribution in [-0.2, 0) is 0 Å². The van der Waals surface area contributed by atoms with E-state index in [0.29, 0.717) is 16.9 Å². The molecule has 0 saturated carbocycles. The summed E-state index contributed by atoms with van der Waals surface area (Å²) >= 11 is 0. The molecule has 0 saturated heterocycles. The highest BCUT2D eigenvalue weighted by atomic mass is 16.1. The van der Waals surface area contributed by atoms with Crippen molar-refractivity contribution in [1.82, 2.24) is 0 Å². The van der Waals surface area contributed by atoms with Gasteiger partial charge in [0.05, 0.1) is 11.4 Å². The van der Waals surface area contributed by atoms with Crippen LogP contribution in [-0.4, -0.2) is 20.0 Å². The normalized spacial score (nSPS) is 10.3. The quantitative estimate of drug-likeness (QED) is 0.850. The molecule has 4 heteroatoms. The SMILES string of the molecule is Cc1ccc(NC(=O)c2ccc(N(C)C)c(C)c2)c(N)c1. The minimum absolute atomic E-state index is 0.154. The van der Waals surface area contributed by atoms with Crippen molar-refractivity contribution < 1.29 is 4.79 Å². The monoisotopic (exact) mass is 283 g/mol. The summed E-state index contributed by atoms with van der Waals surface area (Å²) in [5.41, 5.74) is 11.0. The first kappa shape index (κ1) is 14.9. The van der Waals surface area contributed by atoms with Crippen LogP contribution in [0, 0.1) is 13.8 Å². The van der Waals surface area contributed by atoms with Gasteiger partial charge in [0.25, 0.3) is 5.91 Å². The second-order valence-corrected chi connectivity index (χ2v) is 5.44. The van der Waals surface area contributed by atoms with Gasteiger partial charge in [0.1, 0.15) is 0 Å². The van der Waals surface area contributed by atoms with E-state index in [9.17, 15) is 4.79 Å². The number of nitrogen functional groups attached to an aromatic ring is 1. The Morgan fingerprint density at radius 1 is 1.10 bits per heavy atom. The summed E-state index contributed by atoms with van der Waals surface area (Å²) in [7, 11) is 3.96. The smallest absolute Gasteiger partial charge is 0.255 e. The third-order valence-electron chi connectivity index (χ3n) is 3.40. The molecule has 2 rings (SSSR count). The molecule has 0 aliphatic rings. The lowest BCUT2D eigenvalue weighted by Gasteiger charge is -2.16. The molecular weight excluding hydrogens is 262 g/mol. The molecule has 0 atom stereocenters. The molecule has 0 bridgehead atoms. The number of hydrogen-bond donors (Lipinski definition) is 2. The molecule has 1 amide bonds. The maximum absolute atomic E-state index is 12.3. The van der Waals surface area contributed by atoms with Gasteiger partial charge in [-0.25, -0.2) is 0 Å². The van der Waals surface area contributed by atoms with Crippen molar-refractivity contribution >= 4 is 23.0 Å². The third kappa shape index (κ3) is 3.34. The first-order chi connectivity index (χ1) is 9.88. The van der Waals surface area contributed by atoms with Gasteiger partial charge in [0, 0.05) is 25.3 Å². The van der Waals surface area contributed by atoms with Crippen LogP contribution in [0.1, 0.15) is 21.5 Å². The summed E-state index contributed by atoms with van der Waals surface area (Å²) in [6.45, 7) is 3.96. The van der Waals surface area contributed by atoms with Crippen molar-refractivity contribution in [3.8, 4) is 0 Å². The molecule has 0 radical (unpaired) electrons. The lowest BCUT2D eigenvalue weighted by Crippen LogP contribution is -2.15. The van der Waals surface area contributed by atoms with Gasteiger partial charge in [-0.3, -0.25) is 4.79 Å². The first-order valence-corrected chi connectivity index (χ1v) is 6.84. The van der Waals surface area contributed by atoms with Crippen LogP contribution in [0.5, 0.6) is 0 Å². The predicted octanol–water partition coefficient (Wildman–Crippen LogP) is 3.20. The number of nitrogens with one attached hydrogen (secondary N) is 1. The van der Waals surface area contributed by atoms with Crippen LogP contribution in [0.4, 0.5) is 17.1 Å². The van der Waals surface area contributed by atoms with Gasteiger partial charge in [-0.05, 0) is 55.3 Å². The molecule has 4 nitrogen and oxygen atoms in total. The Balaban J connectivity index is 2.22. The number of anilines is 3. The summed E-state index contributed by atoms with van der Waals surface area (Å²) in [4.78, 5) is 14.3. The molecule has 0 heterocycles. The zero-order valence-electron chi connectivity index (χ0n) is 12.9. The number of amides is 1. The molecular formula is C17H21N3O. The van der Waals surface area contributed by atoms with Crippen LogP contribution >= 0.6 is 0 Å². The zero-order chi connectivity index (χ0) is 15.6. The minimum Gasteiger partial charge on any atom is -0.397 e. The fraction of sp³-hybridized carbons (Fsp3) is 0.235. The summed E-state index contributed by atoms with van der Waals surface area (Å²) in [6, 6.07) is 11.2. The standard InChI is InChI=1S/C17H21N3O/c1-11-5-7-15(14(18)9-11)19-17(21)13-6-8-16(20(3)4)12(2)10-13/h5-10H,18H2,1-4H3,(H,19,21). The van der Waals surface area contributed by atoms with Crippen molar-refractivity contribution in [3.63, 3.8) is 0 Å². The first-order valence-electron chi connectivity index (χ1n) is 6.84. The van der Waals surface area contributed by atoms with E-state index >= 15 is 0 Å². The van der Waals surface area contributed by atoms with E-state index in [1.54, 1.807) is 0 Å². The largest absolute Gasteiger partial charge is 0.397 e. The fourth-order valence-electron chi connectivity index (χ4n) is 2.29. The van der Waals surface area contributed by atoms with Crippen LogP contribution in [0.15, 0.2) is 36.4 Å². The number of carbonyl (C=O) groups is 1.